The van der Waals surface area contributed by atoms with Crippen molar-refractivity contribution in [3.63, 3.8) is 0 Å². The highest BCUT2D eigenvalue weighted by Crippen LogP contribution is 2.19. The van der Waals surface area contributed by atoms with Crippen molar-refractivity contribution in [1.82, 2.24) is 10.2 Å². The number of anilines is 1. The van der Waals surface area contributed by atoms with Gasteiger partial charge < -0.3 is 15.1 Å². The van der Waals surface area contributed by atoms with Crippen LogP contribution in [0, 0.1) is 11.6 Å². The number of furan rings is 1. The highest BCUT2D eigenvalue weighted by molar-refractivity contribution is 5.93. The maximum atomic E-state index is 13.6. The van der Waals surface area contributed by atoms with E-state index in [9.17, 15) is 18.4 Å². The van der Waals surface area contributed by atoms with Gasteiger partial charge in [-0.05, 0) is 43.7 Å². The number of nitrogens with one attached hydrogen (secondary N) is 2. The molecule has 1 aromatic carbocycles. The van der Waals surface area contributed by atoms with Crippen LogP contribution in [0.4, 0.5) is 14.5 Å². The van der Waals surface area contributed by atoms with Crippen LogP contribution in [-0.2, 0) is 16.1 Å². The van der Waals surface area contributed by atoms with Gasteiger partial charge in [0.1, 0.15) is 17.4 Å². The van der Waals surface area contributed by atoms with E-state index in [1.165, 1.54) is 6.26 Å². The van der Waals surface area contributed by atoms with Crippen molar-refractivity contribution in [3.8, 4) is 0 Å². The molecule has 0 saturated carbocycles. The number of amides is 2. The summed E-state index contributed by atoms with van der Waals surface area (Å²) in [5, 5.41) is 5.13. The van der Waals surface area contributed by atoms with Gasteiger partial charge in [0.2, 0.25) is 11.8 Å². The lowest BCUT2D eigenvalue weighted by Crippen LogP contribution is -2.45. The molecule has 6 nitrogen and oxygen atoms in total. The zero-order valence-electron chi connectivity index (χ0n) is 14.0. The normalized spacial score (nSPS) is 17.2. The standard InChI is InChI=1S/C18H19F2N3O3/c19-12-5-6-14(20)15(9-12)22-17(24)11-23-7-1-4-16(23)18(25)21-10-13-3-2-8-26-13/h2-3,5-6,8-9,16H,1,4,7,10-11H2,(H,21,25)(H,22,24). The molecule has 2 N–H and O–H groups in total. The fraction of sp³-hybridized carbons (Fsp3) is 0.333. The Bertz CT molecular complexity index is 780. The number of carbonyl (C=O) groups is 2. The van der Waals surface area contributed by atoms with E-state index in [4.69, 9.17) is 4.42 Å². The first kappa shape index (κ1) is 18.1. The monoisotopic (exact) mass is 363 g/mol. The van der Waals surface area contributed by atoms with Crippen molar-refractivity contribution in [3.05, 3.63) is 54.0 Å². The van der Waals surface area contributed by atoms with Crippen LogP contribution in [0.5, 0.6) is 0 Å². The highest BCUT2D eigenvalue weighted by Gasteiger charge is 2.31. The molecule has 1 fully saturated rings. The number of rotatable bonds is 6. The molecule has 1 atom stereocenters. The average Bonchev–Trinajstić information content (AvgIpc) is 3.27. The quantitative estimate of drug-likeness (QED) is 0.826. The van der Waals surface area contributed by atoms with Gasteiger partial charge >= 0.3 is 0 Å². The van der Waals surface area contributed by atoms with Gasteiger partial charge in [0.15, 0.2) is 0 Å². The first-order chi connectivity index (χ1) is 12.5. The van der Waals surface area contributed by atoms with E-state index in [1.807, 2.05) is 0 Å². The molecule has 26 heavy (non-hydrogen) atoms. The minimum Gasteiger partial charge on any atom is -0.467 e. The molecule has 1 saturated heterocycles. The van der Waals surface area contributed by atoms with Crippen LogP contribution in [0.2, 0.25) is 0 Å². The van der Waals surface area contributed by atoms with Gasteiger partial charge in [0, 0.05) is 6.07 Å². The molecule has 0 spiro atoms. The Morgan fingerprint density at radius 3 is 2.88 bits per heavy atom. The Balaban J connectivity index is 1.55. The summed E-state index contributed by atoms with van der Waals surface area (Å²) in [5.74, 6) is -1.40. The molecule has 3 rings (SSSR count). The lowest BCUT2D eigenvalue weighted by molar-refractivity contribution is -0.126. The van der Waals surface area contributed by atoms with E-state index in [-0.39, 0.29) is 24.7 Å². The maximum absolute atomic E-state index is 13.6. The molecule has 8 heteroatoms. The first-order valence-corrected chi connectivity index (χ1v) is 8.32. The Morgan fingerprint density at radius 1 is 1.27 bits per heavy atom. The van der Waals surface area contributed by atoms with Crippen LogP contribution in [0.15, 0.2) is 41.0 Å². The number of carbonyl (C=O) groups excluding carboxylic acids is 2. The number of halogens is 2. The number of nitrogens with zero attached hydrogens (tertiary/aromatic N) is 1. The van der Waals surface area contributed by atoms with Gasteiger partial charge in [-0.3, -0.25) is 14.5 Å². The fourth-order valence-corrected chi connectivity index (χ4v) is 2.98. The summed E-state index contributed by atoms with van der Waals surface area (Å²) in [5.41, 5.74) is -0.215. The van der Waals surface area contributed by atoms with Crippen molar-refractivity contribution >= 4 is 17.5 Å². The topological polar surface area (TPSA) is 74.6 Å². The Morgan fingerprint density at radius 2 is 2.12 bits per heavy atom. The second-order valence-corrected chi connectivity index (χ2v) is 6.10. The summed E-state index contributed by atoms with van der Waals surface area (Å²) >= 11 is 0. The van der Waals surface area contributed by atoms with Crippen LogP contribution in [-0.4, -0.2) is 35.8 Å². The third-order valence-corrected chi connectivity index (χ3v) is 4.23. The lowest BCUT2D eigenvalue weighted by Gasteiger charge is -2.23. The summed E-state index contributed by atoms with van der Waals surface area (Å²) in [7, 11) is 0. The molecule has 0 aliphatic carbocycles. The van der Waals surface area contributed by atoms with Gasteiger partial charge in [0.05, 0.1) is 31.1 Å². The molecule has 0 radical (unpaired) electrons. The summed E-state index contributed by atoms with van der Waals surface area (Å²) < 4.78 is 32.0. The number of benzene rings is 1. The van der Waals surface area contributed by atoms with Crippen molar-refractivity contribution < 1.29 is 22.8 Å². The summed E-state index contributed by atoms with van der Waals surface area (Å²) in [4.78, 5) is 26.2. The van der Waals surface area contributed by atoms with Gasteiger partial charge in [-0.1, -0.05) is 0 Å². The maximum Gasteiger partial charge on any atom is 0.238 e. The zero-order valence-corrected chi connectivity index (χ0v) is 14.0. The van der Waals surface area contributed by atoms with Gasteiger partial charge in [-0.25, -0.2) is 8.78 Å². The largest absolute Gasteiger partial charge is 0.467 e. The zero-order chi connectivity index (χ0) is 18.5. The predicted octanol–water partition coefficient (Wildman–Crippen LogP) is 2.28. The van der Waals surface area contributed by atoms with E-state index < -0.39 is 23.6 Å². The second kappa shape index (κ2) is 8.09. The van der Waals surface area contributed by atoms with Gasteiger partial charge in [-0.2, -0.15) is 0 Å². The summed E-state index contributed by atoms with van der Waals surface area (Å²) in [6.07, 6.45) is 2.94. The number of likely N-dealkylation sites (tertiary alicyclic amines) is 1. The Kier molecular flexibility index (Phi) is 5.62. The summed E-state index contributed by atoms with van der Waals surface area (Å²) in [6.45, 7) is 0.781. The predicted molar refractivity (Wildman–Crippen MR) is 90.1 cm³/mol. The van der Waals surface area contributed by atoms with Crippen LogP contribution in [0.1, 0.15) is 18.6 Å². The minimum absolute atomic E-state index is 0.0746. The van der Waals surface area contributed by atoms with E-state index in [0.717, 1.165) is 24.6 Å². The molecule has 0 bridgehead atoms. The molecule has 2 amide bonds. The smallest absolute Gasteiger partial charge is 0.238 e. The third kappa shape index (κ3) is 4.45. The average molecular weight is 363 g/mol. The molecule has 1 unspecified atom stereocenters. The first-order valence-electron chi connectivity index (χ1n) is 8.32. The fourth-order valence-electron chi connectivity index (χ4n) is 2.98. The third-order valence-electron chi connectivity index (χ3n) is 4.23. The SMILES string of the molecule is O=C(CN1CCCC1C(=O)NCc1ccco1)Nc1cc(F)ccc1F. The minimum atomic E-state index is -0.714. The molecule has 1 aliphatic heterocycles. The van der Waals surface area contributed by atoms with Crippen molar-refractivity contribution in [1.29, 1.82) is 0 Å². The van der Waals surface area contributed by atoms with Crippen molar-refractivity contribution in [2.24, 2.45) is 0 Å². The Hall–Kier alpha value is -2.74. The second-order valence-electron chi connectivity index (χ2n) is 6.10. The van der Waals surface area contributed by atoms with Crippen molar-refractivity contribution in [2.75, 3.05) is 18.4 Å². The van der Waals surface area contributed by atoms with Crippen molar-refractivity contribution in [2.45, 2.75) is 25.4 Å². The van der Waals surface area contributed by atoms with Crippen LogP contribution < -0.4 is 10.6 Å². The van der Waals surface area contributed by atoms with E-state index in [1.54, 1.807) is 17.0 Å². The Labute approximate surface area is 149 Å². The van der Waals surface area contributed by atoms with E-state index in [2.05, 4.69) is 10.6 Å². The van der Waals surface area contributed by atoms with Crippen LogP contribution >= 0.6 is 0 Å². The van der Waals surface area contributed by atoms with Crippen LogP contribution in [0.3, 0.4) is 0 Å². The van der Waals surface area contributed by atoms with E-state index in [0.29, 0.717) is 18.7 Å². The number of hydrogen-bond acceptors (Lipinski definition) is 4. The van der Waals surface area contributed by atoms with Gasteiger partial charge in [0.25, 0.3) is 0 Å². The molecule has 138 valence electrons. The molecule has 2 aromatic rings. The molecular weight excluding hydrogens is 344 g/mol. The van der Waals surface area contributed by atoms with Crippen LogP contribution in [0.25, 0.3) is 0 Å². The highest BCUT2D eigenvalue weighted by atomic mass is 19.1. The van der Waals surface area contributed by atoms with Gasteiger partial charge in [-0.15, -0.1) is 0 Å². The lowest BCUT2D eigenvalue weighted by atomic mass is 10.2. The molecule has 1 aromatic heterocycles. The summed E-state index contributed by atoms with van der Waals surface area (Å²) in [6, 6.07) is 5.90. The molecule has 2 heterocycles. The molecule has 1 aliphatic rings. The number of hydrogen-bond donors (Lipinski definition) is 2. The van der Waals surface area contributed by atoms with E-state index >= 15 is 0 Å². The molecular formula is C18H19F2N3O3.